The number of amides is 2. The minimum Gasteiger partial charge on any atom is -0.492 e. The molecule has 0 radical (unpaired) electrons. The fourth-order valence-electron chi connectivity index (χ4n) is 2.32. The summed E-state index contributed by atoms with van der Waals surface area (Å²) >= 11 is 6.77. The molecule has 0 atom stereocenters. The van der Waals surface area contributed by atoms with Crippen molar-refractivity contribution in [2.75, 3.05) is 13.2 Å². The zero-order valence-electron chi connectivity index (χ0n) is 16.6. The summed E-state index contributed by atoms with van der Waals surface area (Å²) in [6, 6.07) is 10.8. The SMILES string of the molecule is CCc1ccc(OCC(=O)NNC(=O)c2cc(Br)ccc2OCC(C)C)c(Br)c1. The summed E-state index contributed by atoms with van der Waals surface area (Å²) in [4.78, 5) is 24.5. The van der Waals surface area contributed by atoms with Gasteiger partial charge in [-0.1, -0.05) is 42.8 Å². The van der Waals surface area contributed by atoms with Crippen molar-refractivity contribution in [2.24, 2.45) is 5.92 Å². The van der Waals surface area contributed by atoms with Gasteiger partial charge in [0.2, 0.25) is 0 Å². The maximum absolute atomic E-state index is 12.5. The number of ether oxygens (including phenoxy) is 2. The minimum atomic E-state index is -0.482. The summed E-state index contributed by atoms with van der Waals surface area (Å²) in [7, 11) is 0. The number of nitrogens with one attached hydrogen (secondary N) is 2. The molecular weight excluding hydrogens is 504 g/mol. The molecule has 8 heteroatoms. The highest BCUT2D eigenvalue weighted by Gasteiger charge is 2.15. The predicted octanol–water partition coefficient (Wildman–Crippen LogP) is 4.65. The topological polar surface area (TPSA) is 76.7 Å². The summed E-state index contributed by atoms with van der Waals surface area (Å²) in [5.41, 5.74) is 6.22. The van der Waals surface area contributed by atoms with Crippen LogP contribution in [-0.4, -0.2) is 25.0 Å². The second-order valence-corrected chi connectivity index (χ2v) is 8.52. The van der Waals surface area contributed by atoms with Crippen LogP contribution in [0.2, 0.25) is 0 Å². The first-order valence-electron chi connectivity index (χ1n) is 9.23. The van der Waals surface area contributed by atoms with Gasteiger partial charge in [0.1, 0.15) is 11.5 Å². The largest absolute Gasteiger partial charge is 0.492 e. The molecule has 0 aromatic heterocycles. The molecule has 29 heavy (non-hydrogen) atoms. The van der Waals surface area contributed by atoms with E-state index in [1.54, 1.807) is 24.3 Å². The van der Waals surface area contributed by atoms with E-state index < -0.39 is 11.8 Å². The third-order valence-corrected chi connectivity index (χ3v) is 4.95. The van der Waals surface area contributed by atoms with Gasteiger partial charge in [0.05, 0.1) is 16.6 Å². The highest BCUT2D eigenvalue weighted by molar-refractivity contribution is 9.10. The Morgan fingerprint density at radius 1 is 1.00 bits per heavy atom. The highest BCUT2D eigenvalue weighted by Crippen LogP contribution is 2.26. The molecule has 0 spiro atoms. The van der Waals surface area contributed by atoms with E-state index >= 15 is 0 Å². The second kappa shape index (κ2) is 11.2. The third-order valence-electron chi connectivity index (χ3n) is 3.84. The summed E-state index contributed by atoms with van der Waals surface area (Å²) in [6.07, 6.45) is 0.907. The van der Waals surface area contributed by atoms with Gasteiger partial charge in [-0.05, 0) is 64.2 Å². The number of carbonyl (C=O) groups excluding carboxylic acids is 2. The first-order valence-corrected chi connectivity index (χ1v) is 10.8. The normalized spacial score (nSPS) is 10.6. The van der Waals surface area contributed by atoms with Crippen molar-refractivity contribution in [3.8, 4) is 11.5 Å². The van der Waals surface area contributed by atoms with Gasteiger partial charge in [-0.2, -0.15) is 0 Å². The van der Waals surface area contributed by atoms with Gasteiger partial charge in [0.25, 0.3) is 11.8 Å². The van der Waals surface area contributed by atoms with Crippen molar-refractivity contribution < 1.29 is 19.1 Å². The van der Waals surface area contributed by atoms with Crippen molar-refractivity contribution in [1.82, 2.24) is 10.9 Å². The van der Waals surface area contributed by atoms with Crippen molar-refractivity contribution in [3.63, 3.8) is 0 Å². The summed E-state index contributed by atoms with van der Waals surface area (Å²) < 4.78 is 12.7. The molecule has 0 aliphatic rings. The Hall–Kier alpha value is -2.06. The number of hydrogen-bond donors (Lipinski definition) is 2. The Morgan fingerprint density at radius 3 is 2.38 bits per heavy atom. The third kappa shape index (κ3) is 7.36. The molecule has 0 saturated heterocycles. The van der Waals surface area contributed by atoms with Gasteiger partial charge in [-0.15, -0.1) is 0 Å². The molecule has 156 valence electrons. The zero-order chi connectivity index (χ0) is 21.4. The van der Waals surface area contributed by atoms with E-state index in [9.17, 15) is 9.59 Å². The number of hydrogen-bond acceptors (Lipinski definition) is 4. The van der Waals surface area contributed by atoms with Crippen molar-refractivity contribution in [2.45, 2.75) is 27.2 Å². The Balaban J connectivity index is 1.91. The van der Waals surface area contributed by atoms with Crippen molar-refractivity contribution in [1.29, 1.82) is 0 Å². The molecule has 6 nitrogen and oxygen atoms in total. The molecule has 0 heterocycles. The summed E-state index contributed by atoms with van der Waals surface area (Å²) in [5.74, 6) is 0.360. The molecule has 2 rings (SSSR count). The van der Waals surface area contributed by atoms with Crippen molar-refractivity contribution in [3.05, 3.63) is 56.5 Å². The number of carbonyl (C=O) groups is 2. The molecule has 0 fully saturated rings. The van der Waals surface area contributed by atoms with E-state index in [-0.39, 0.29) is 6.61 Å². The first kappa shape index (κ1) is 23.2. The van der Waals surface area contributed by atoms with Crippen LogP contribution < -0.4 is 20.3 Å². The predicted molar refractivity (Wildman–Crippen MR) is 119 cm³/mol. The van der Waals surface area contributed by atoms with E-state index in [1.165, 1.54) is 0 Å². The Bertz CT molecular complexity index is 872. The zero-order valence-corrected chi connectivity index (χ0v) is 19.7. The summed E-state index contributed by atoms with van der Waals surface area (Å²) in [6.45, 7) is 6.34. The maximum atomic E-state index is 12.5. The number of hydrazine groups is 1. The molecule has 0 saturated carbocycles. The molecule has 0 unspecified atom stereocenters. The molecule has 2 aromatic rings. The number of benzene rings is 2. The maximum Gasteiger partial charge on any atom is 0.276 e. The lowest BCUT2D eigenvalue weighted by Gasteiger charge is -2.14. The lowest BCUT2D eigenvalue weighted by Crippen LogP contribution is -2.44. The van der Waals surface area contributed by atoms with Gasteiger partial charge >= 0.3 is 0 Å². The Morgan fingerprint density at radius 2 is 1.72 bits per heavy atom. The molecule has 2 amide bonds. The van der Waals surface area contributed by atoms with E-state index in [0.29, 0.717) is 29.6 Å². The summed E-state index contributed by atoms with van der Waals surface area (Å²) in [5, 5.41) is 0. The number of halogens is 2. The van der Waals surface area contributed by atoms with Crippen molar-refractivity contribution >= 4 is 43.7 Å². The van der Waals surface area contributed by atoms with Gasteiger partial charge < -0.3 is 9.47 Å². The van der Waals surface area contributed by atoms with Crippen LogP contribution in [0.15, 0.2) is 45.3 Å². The van der Waals surface area contributed by atoms with Gasteiger partial charge in [0, 0.05) is 4.47 Å². The van der Waals surface area contributed by atoms with Crippen LogP contribution in [0.3, 0.4) is 0 Å². The van der Waals surface area contributed by atoms with Crippen LogP contribution in [0.4, 0.5) is 0 Å². The average Bonchev–Trinajstić information content (AvgIpc) is 2.69. The van der Waals surface area contributed by atoms with Crippen LogP contribution in [0.5, 0.6) is 11.5 Å². The minimum absolute atomic E-state index is 0.237. The van der Waals surface area contributed by atoms with Crippen LogP contribution in [0.1, 0.15) is 36.7 Å². The monoisotopic (exact) mass is 526 g/mol. The van der Waals surface area contributed by atoms with Crippen LogP contribution in [0, 0.1) is 5.92 Å². The number of rotatable bonds is 8. The van der Waals surface area contributed by atoms with Gasteiger partial charge in [-0.3, -0.25) is 20.4 Å². The fraction of sp³-hybridized carbons (Fsp3) is 0.333. The van der Waals surface area contributed by atoms with E-state index in [2.05, 4.69) is 49.6 Å². The molecule has 2 aromatic carbocycles. The Kier molecular flexibility index (Phi) is 8.98. The molecule has 0 aliphatic carbocycles. The highest BCUT2D eigenvalue weighted by atomic mass is 79.9. The molecule has 2 N–H and O–H groups in total. The standard InChI is InChI=1S/C21H24Br2N2O4/c1-4-14-5-7-19(17(23)9-14)29-12-20(26)24-25-21(27)16-10-15(22)6-8-18(16)28-11-13(2)3/h5-10,13H,4,11-12H2,1-3H3,(H,24,26)(H,25,27). The van der Waals surface area contributed by atoms with E-state index in [0.717, 1.165) is 20.9 Å². The molecule has 0 bridgehead atoms. The van der Waals surface area contributed by atoms with E-state index in [4.69, 9.17) is 9.47 Å². The number of aryl methyl sites for hydroxylation is 1. The van der Waals surface area contributed by atoms with E-state index in [1.807, 2.05) is 26.0 Å². The molecular formula is C21H24Br2N2O4. The lowest BCUT2D eigenvalue weighted by molar-refractivity contribution is -0.123. The lowest BCUT2D eigenvalue weighted by atomic mass is 10.2. The molecule has 0 aliphatic heterocycles. The van der Waals surface area contributed by atoms with Crippen LogP contribution in [-0.2, 0) is 11.2 Å². The quantitative estimate of drug-likeness (QED) is 0.490. The van der Waals surface area contributed by atoms with Gasteiger partial charge in [0.15, 0.2) is 6.61 Å². The second-order valence-electron chi connectivity index (χ2n) is 6.75. The fourth-order valence-corrected chi connectivity index (χ4v) is 3.22. The smallest absolute Gasteiger partial charge is 0.276 e. The van der Waals surface area contributed by atoms with Gasteiger partial charge in [-0.25, -0.2) is 0 Å². The van der Waals surface area contributed by atoms with Crippen LogP contribution >= 0.6 is 31.9 Å². The Labute approximate surface area is 187 Å². The first-order chi connectivity index (χ1) is 13.8. The average molecular weight is 528 g/mol. The van der Waals surface area contributed by atoms with Crippen LogP contribution in [0.25, 0.3) is 0 Å².